The molecule has 4 N–H and O–H groups in total. The normalized spacial score (nSPS) is 12.4. The van der Waals surface area contributed by atoms with Crippen LogP contribution in [0.5, 0.6) is 0 Å². The van der Waals surface area contributed by atoms with Gasteiger partial charge in [-0.3, -0.25) is 15.3 Å². The summed E-state index contributed by atoms with van der Waals surface area (Å²) >= 11 is 1.33. The molecular weight excluding hydrogens is 202 g/mol. The van der Waals surface area contributed by atoms with Gasteiger partial charge in [0.25, 0.3) is 0 Å². The topological polar surface area (TPSA) is 96.7 Å². The minimum atomic E-state index is -0.210. The average molecular weight is 215 g/mol. The Morgan fingerprint density at radius 3 is 3.14 bits per heavy atom. The third kappa shape index (κ3) is 3.00. The van der Waals surface area contributed by atoms with Crippen LogP contribution in [-0.2, 0) is 4.79 Å². The quantitative estimate of drug-likeness (QED) is 0.279. The van der Waals surface area contributed by atoms with Gasteiger partial charge in [0.2, 0.25) is 5.91 Å². The van der Waals surface area contributed by atoms with Crippen LogP contribution in [-0.4, -0.2) is 26.3 Å². The predicted molar refractivity (Wildman–Crippen MR) is 53.3 cm³/mol. The molecule has 0 spiro atoms. The zero-order valence-corrected chi connectivity index (χ0v) is 8.67. The Kier molecular flexibility index (Phi) is 4.41. The monoisotopic (exact) mass is 215 g/mol. The average Bonchev–Trinajstić information content (AvgIpc) is 2.68. The fraction of sp³-hybridized carbons (Fsp3) is 0.571. The SMILES string of the molecule is CCCC(Sc1ncn[nH]1)C(=O)NN. The molecule has 0 saturated carbocycles. The van der Waals surface area contributed by atoms with Gasteiger partial charge in [-0.1, -0.05) is 25.1 Å². The van der Waals surface area contributed by atoms with Crippen LogP contribution in [0, 0.1) is 0 Å². The Morgan fingerprint density at radius 2 is 2.64 bits per heavy atom. The van der Waals surface area contributed by atoms with Crippen LogP contribution < -0.4 is 11.3 Å². The van der Waals surface area contributed by atoms with Crippen LogP contribution in [0.4, 0.5) is 0 Å². The lowest BCUT2D eigenvalue weighted by atomic mass is 10.2. The Morgan fingerprint density at radius 1 is 1.86 bits per heavy atom. The van der Waals surface area contributed by atoms with E-state index >= 15 is 0 Å². The third-order valence-electron chi connectivity index (χ3n) is 1.63. The maximum Gasteiger partial charge on any atom is 0.247 e. The Hall–Kier alpha value is -1.08. The number of carbonyl (C=O) groups is 1. The van der Waals surface area contributed by atoms with Crippen molar-refractivity contribution in [1.29, 1.82) is 0 Å². The van der Waals surface area contributed by atoms with Crippen molar-refractivity contribution in [2.45, 2.75) is 30.2 Å². The molecule has 1 aromatic heterocycles. The maximum absolute atomic E-state index is 11.3. The number of aromatic nitrogens is 3. The molecule has 6 nitrogen and oxygen atoms in total. The van der Waals surface area contributed by atoms with Gasteiger partial charge in [-0.15, -0.1) is 0 Å². The first kappa shape index (κ1) is 11.0. The number of hydrogen-bond donors (Lipinski definition) is 3. The second kappa shape index (κ2) is 5.61. The Bertz CT molecular complexity index is 276. The first-order valence-electron chi connectivity index (χ1n) is 4.30. The molecule has 1 atom stereocenters. The fourth-order valence-electron chi connectivity index (χ4n) is 0.984. The van der Waals surface area contributed by atoms with E-state index in [1.807, 2.05) is 6.92 Å². The van der Waals surface area contributed by atoms with E-state index in [4.69, 9.17) is 5.84 Å². The van der Waals surface area contributed by atoms with Crippen molar-refractivity contribution in [3.05, 3.63) is 6.33 Å². The number of nitrogens with zero attached hydrogens (tertiary/aromatic N) is 2. The van der Waals surface area contributed by atoms with E-state index in [-0.39, 0.29) is 11.2 Å². The van der Waals surface area contributed by atoms with Gasteiger partial charge in [0, 0.05) is 0 Å². The standard InChI is InChI=1S/C7H13N5OS/c1-2-3-5(6(13)11-8)14-7-9-4-10-12-7/h4-5H,2-3,8H2,1H3,(H,11,13)(H,9,10,12). The molecule has 1 unspecified atom stereocenters. The summed E-state index contributed by atoms with van der Waals surface area (Å²) in [4.78, 5) is 15.2. The minimum Gasteiger partial charge on any atom is -0.293 e. The minimum absolute atomic E-state index is 0.187. The zero-order chi connectivity index (χ0) is 10.4. The van der Waals surface area contributed by atoms with E-state index < -0.39 is 0 Å². The summed E-state index contributed by atoms with van der Waals surface area (Å²) in [5, 5.41) is 6.81. The highest BCUT2D eigenvalue weighted by Crippen LogP contribution is 2.22. The summed E-state index contributed by atoms with van der Waals surface area (Å²) in [6, 6.07) is 0. The molecule has 0 saturated heterocycles. The highest BCUT2D eigenvalue weighted by atomic mass is 32.2. The lowest BCUT2D eigenvalue weighted by Crippen LogP contribution is -2.37. The highest BCUT2D eigenvalue weighted by molar-refractivity contribution is 8.00. The number of rotatable bonds is 5. The van der Waals surface area contributed by atoms with Crippen LogP contribution in [0.15, 0.2) is 11.5 Å². The molecular formula is C7H13N5OS. The number of amides is 1. The molecule has 0 aliphatic carbocycles. The van der Waals surface area contributed by atoms with Crippen molar-refractivity contribution in [3.63, 3.8) is 0 Å². The lowest BCUT2D eigenvalue weighted by molar-refractivity contribution is -0.120. The van der Waals surface area contributed by atoms with Crippen molar-refractivity contribution >= 4 is 17.7 Å². The van der Waals surface area contributed by atoms with Crippen molar-refractivity contribution < 1.29 is 4.79 Å². The molecule has 14 heavy (non-hydrogen) atoms. The Labute approximate surface area is 86.0 Å². The van der Waals surface area contributed by atoms with Crippen molar-refractivity contribution in [2.75, 3.05) is 0 Å². The van der Waals surface area contributed by atoms with Crippen LogP contribution >= 0.6 is 11.8 Å². The summed E-state index contributed by atoms with van der Waals surface area (Å²) in [6.07, 6.45) is 3.08. The van der Waals surface area contributed by atoms with E-state index in [1.165, 1.54) is 18.1 Å². The molecule has 1 amide bonds. The van der Waals surface area contributed by atoms with E-state index in [0.29, 0.717) is 5.16 Å². The van der Waals surface area contributed by atoms with Crippen molar-refractivity contribution in [3.8, 4) is 0 Å². The fourth-order valence-corrected chi connectivity index (χ4v) is 2.00. The van der Waals surface area contributed by atoms with Crippen LogP contribution in [0.1, 0.15) is 19.8 Å². The number of H-pyrrole nitrogens is 1. The van der Waals surface area contributed by atoms with Gasteiger partial charge in [-0.2, -0.15) is 5.10 Å². The number of carbonyl (C=O) groups excluding carboxylic acids is 1. The van der Waals surface area contributed by atoms with E-state index in [1.54, 1.807) is 0 Å². The van der Waals surface area contributed by atoms with Crippen LogP contribution in [0.3, 0.4) is 0 Å². The van der Waals surface area contributed by atoms with E-state index in [9.17, 15) is 4.79 Å². The summed E-state index contributed by atoms with van der Waals surface area (Å²) in [7, 11) is 0. The van der Waals surface area contributed by atoms with Gasteiger partial charge >= 0.3 is 0 Å². The number of hydrogen-bond acceptors (Lipinski definition) is 5. The number of hydrazine groups is 1. The molecule has 1 heterocycles. The molecule has 78 valence electrons. The molecule has 0 bridgehead atoms. The molecule has 0 aliphatic rings. The van der Waals surface area contributed by atoms with Gasteiger partial charge in [0.15, 0.2) is 5.16 Å². The zero-order valence-electron chi connectivity index (χ0n) is 7.86. The van der Waals surface area contributed by atoms with Crippen LogP contribution in [0.2, 0.25) is 0 Å². The second-order valence-electron chi connectivity index (χ2n) is 2.69. The second-order valence-corrected chi connectivity index (χ2v) is 3.89. The number of nitrogens with two attached hydrogens (primary N) is 1. The van der Waals surface area contributed by atoms with Crippen molar-refractivity contribution in [1.82, 2.24) is 20.6 Å². The molecule has 0 aromatic carbocycles. The van der Waals surface area contributed by atoms with E-state index in [0.717, 1.165) is 12.8 Å². The van der Waals surface area contributed by atoms with Gasteiger partial charge in [0.1, 0.15) is 6.33 Å². The van der Waals surface area contributed by atoms with E-state index in [2.05, 4.69) is 20.6 Å². The first-order valence-corrected chi connectivity index (χ1v) is 5.18. The molecule has 7 heteroatoms. The summed E-state index contributed by atoms with van der Waals surface area (Å²) < 4.78 is 0. The summed E-state index contributed by atoms with van der Waals surface area (Å²) in [5.41, 5.74) is 2.14. The molecule has 0 aliphatic heterocycles. The van der Waals surface area contributed by atoms with Gasteiger partial charge in [-0.05, 0) is 6.42 Å². The summed E-state index contributed by atoms with van der Waals surface area (Å²) in [6.45, 7) is 2.01. The lowest BCUT2D eigenvalue weighted by Gasteiger charge is -2.11. The third-order valence-corrected chi connectivity index (χ3v) is 2.79. The molecule has 0 radical (unpaired) electrons. The maximum atomic E-state index is 11.3. The van der Waals surface area contributed by atoms with Gasteiger partial charge < -0.3 is 0 Å². The van der Waals surface area contributed by atoms with Crippen LogP contribution in [0.25, 0.3) is 0 Å². The molecule has 0 fully saturated rings. The van der Waals surface area contributed by atoms with Crippen molar-refractivity contribution in [2.24, 2.45) is 5.84 Å². The number of thioether (sulfide) groups is 1. The molecule has 1 rings (SSSR count). The largest absolute Gasteiger partial charge is 0.293 e. The van der Waals surface area contributed by atoms with Gasteiger partial charge in [-0.25, -0.2) is 10.8 Å². The highest BCUT2D eigenvalue weighted by Gasteiger charge is 2.18. The Balaban J connectivity index is 2.55. The smallest absolute Gasteiger partial charge is 0.247 e. The summed E-state index contributed by atoms with van der Waals surface area (Å²) in [5.74, 6) is 4.89. The first-order chi connectivity index (χ1) is 6.77. The predicted octanol–water partition coefficient (Wildman–Crippen LogP) is 0.0554. The van der Waals surface area contributed by atoms with Gasteiger partial charge in [0.05, 0.1) is 5.25 Å². The number of aromatic amines is 1. The number of nitrogens with one attached hydrogen (secondary N) is 2. The molecule has 1 aromatic rings.